The second kappa shape index (κ2) is 4.87. The molecule has 0 aromatic heterocycles. The lowest BCUT2D eigenvalue weighted by Gasteiger charge is -2.31. The number of ketones is 1. The van der Waals surface area contributed by atoms with E-state index >= 15 is 0 Å². The minimum absolute atomic E-state index is 0.0564. The predicted octanol–water partition coefficient (Wildman–Crippen LogP) is 4.35. The second-order valence-corrected chi connectivity index (χ2v) is 11.8. The molecule has 0 aromatic carbocycles. The monoisotopic (exact) mass is 238 g/mol. The lowest BCUT2D eigenvalue weighted by Crippen LogP contribution is -2.31. The molecule has 1 atom stereocenters. The molecule has 16 heavy (non-hydrogen) atoms. The van der Waals surface area contributed by atoms with Crippen LogP contribution in [0, 0.1) is 5.41 Å². The molecule has 1 aliphatic rings. The average Bonchev–Trinajstić information content (AvgIpc) is 2.18. The summed E-state index contributed by atoms with van der Waals surface area (Å²) in [4.78, 5) is 12.0. The fourth-order valence-corrected chi connectivity index (χ4v) is 2.86. The van der Waals surface area contributed by atoms with Crippen LogP contribution in [0.15, 0.2) is 11.3 Å². The van der Waals surface area contributed by atoms with E-state index in [9.17, 15) is 4.79 Å². The van der Waals surface area contributed by atoms with E-state index in [1.807, 2.05) is 0 Å². The summed E-state index contributed by atoms with van der Waals surface area (Å²) in [7, 11) is -1.15. The van der Waals surface area contributed by atoms with Crippen LogP contribution in [0.5, 0.6) is 0 Å². The van der Waals surface area contributed by atoms with Gasteiger partial charge in [0.05, 0.1) is 8.07 Å². The van der Waals surface area contributed by atoms with E-state index in [-0.39, 0.29) is 5.41 Å². The molecule has 0 aromatic rings. The van der Waals surface area contributed by atoms with Crippen LogP contribution in [0.1, 0.15) is 46.0 Å². The number of allylic oxidation sites excluding steroid dienone is 2. The molecule has 2 heteroatoms. The summed E-state index contributed by atoms with van der Waals surface area (Å²) in [5, 5.41) is 1.53. The van der Waals surface area contributed by atoms with E-state index in [0.29, 0.717) is 5.78 Å². The first-order valence-electron chi connectivity index (χ1n) is 6.46. The molecule has 0 bridgehead atoms. The van der Waals surface area contributed by atoms with Crippen LogP contribution < -0.4 is 0 Å². The highest BCUT2D eigenvalue weighted by Crippen LogP contribution is 2.36. The largest absolute Gasteiger partial charge is 0.299 e. The third kappa shape index (κ3) is 3.31. The quantitative estimate of drug-likeness (QED) is 0.668. The van der Waals surface area contributed by atoms with E-state index in [4.69, 9.17) is 0 Å². The summed E-state index contributed by atoms with van der Waals surface area (Å²) < 4.78 is 0. The van der Waals surface area contributed by atoms with E-state index < -0.39 is 8.07 Å². The van der Waals surface area contributed by atoms with E-state index in [1.54, 1.807) is 0 Å². The van der Waals surface area contributed by atoms with Crippen LogP contribution >= 0.6 is 0 Å². The third-order valence-electron chi connectivity index (χ3n) is 4.10. The molecule has 0 aliphatic heterocycles. The van der Waals surface area contributed by atoms with Gasteiger partial charge in [0.2, 0.25) is 0 Å². The van der Waals surface area contributed by atoms with E-state index in [0.717, 1.165) is 25.7 Å². The van der Waals surface area contributed by atoms with Gasteiger partial charge in [0.25, 0.3) is 0 Å². The number of carbonyl (C=O) groups excluding carboxylic acids is 1. The molecule has 0 unspecified atom stereocenters. The standard InChI is InChI=1S/C14H26OSi/c1-12(16(3,4)5)9-11-14(2)10-7-6-8-13(14)15/h9H,6-8,10-11H2,1-5H3/b12-9+/t14-/m0/s1. The maximum absolute atomic E-state index is 12.0. The summed E-state index contributed by atoms with van der Waals surface area (Å²) >= 11 is 0. The van der Waals surface area contributed by atoms with Gasteiger partial charge in [0.1, 0.15) is 5.78 Å². The van der Waals surface area contributed by atoms with Gasteiger partial charge >= 0.3 is 0 Å². The fourth-order valence-electron chi connectivity index (χ4n) is 2.14. The van der Waals surface area contributed by atoms with Crippen molar-refractivity contribution in [3.8, 4) is 0 Å². The van der Waals surface area contributed by atoms with Crippen molar-refractivity contribution in [2.45, 2.75) is 65.6 Å². The van der Waals surface area contributed by atoms with Crippen molar-refractivity contribution in [1.29, 1.82) is 0 Å². The van der Waals surface area contributed by atoms with Crippen molar-refractivity contribution in [2.75, 3.05) is 0 Å². The van der Waals surface area contributed by atoms with Gasteiger partial charge in [0, 0.05) is 11.8 Å². The lowest BCUT2D eigenvalue weighted by atomic mass is 9.72. The number of rotatable bonds is 3. The zero-order chi connectivity index (χ0) is 12.4. The van der Waals surface area contributed by atoms with Gasteiger partial charge in [-0.3, -0.25) is 4.79 Å². The maximum atomic E-state index is 12.0. The Balaban J connectivity index is 2.69. The Kier molecular flexibility index (Phi) is 4.16. The van der Waals surface area contributed by atoms with E-state index in [1.165, 1.54) is 11.6 Å². The van der Waals surface area contributed by atoms with Crippen LogP contribution in [-0.2, 0) is 4.79 Å². The van der Waals surface area contributed by atoms with Gasteiger partial charge in [-0.1, -0.05) is 44.3 Å². The molecule has 0 radical (unpaired) electrons. The Morgan fingerprint density at radius 3 is 2.50 bits per heavy atom. The summed E-state index contributed by atoms with van der Waals surface area (Å²) in [6, 6.07) is 0. The van der Waals surface area contributed by atoms with Crippen LogP contribution in [-0.4, -0.2) is 13.9 Å². The molecule has 0 N–H and O–H groups in total. The first-order valence-corrected chi connectivity index (χ1v) is 9.96. The topological polar surface area (TPSA) is 17.1 Å². The second-order valence-electron chi connectivity index (χ2n) is 6.53. The third-order valence-corrected chi connectivity index (χ3v) is 6.67. The molecule has 0 amide bonds. The summed E-state index contributed by atoms with van der Waals surface area (Å²) in [6.45, 7) is 11.5. The SMILES string of the molecule is C/C(=C\C[C@]1(C)CCCCC1=O)[Si](C)(C)C. The van der Waals surface area contributed by atoms with Gasteiger partial charge in [-0.05, 0) is 26.2 Å². The highest BCUT2D eigenvalue weighted by atomic mass is 28.3. The van der Waals surface area contributed by atoms with Crippen molar-refractivity contribution < 1.29 is 4.79 Å². The molecule has 0 spiro atoms. The highest BCUT2D eigenvalue weighted by molar-refractivity contribution is 6.82. The molecular weight excluding hydrogens is 212 g/mol. The number of carbonyl (C=O) groups is 1. The summed E-state index contributed by atoms with van der Waals surface area (Å²) in [6.07, 6.45) is 7.52. The van der Waals surface area contributed by atoms with Gasteiger partial charge < -0.3 is 0 Å². The van der Waals surface area contributed by atoms with Gasteiger partial charge in [-0.15, -0.1) is 0 Å². The smallest absolute Gasteiger partial charge is 0.139 e. The molecule has 1 rings (SSSR count). The van der Waals surface area contributed by atoms with Gasteiger partial charge in [0.15, 0.2) is 0 Å². The normalized spacial score (nSPS) is 28.3. The zero-order valence-electron chi connectivity index (χ0n) is 11.5. The Morgan fingerprint density at radius 1 is 1.38 bits per heavy atom. The molecule has 1 saturated carbocycles. The molecule has 92 valence electrons. The van der Waals surface area contributed by atoms with Gasteiger partial charge in [-0.2, -0.15) is 0 Å². The summed E-state index contributed by atoms with van der Waals surface area (Å²) in [5.74, 6) is 0.485. The Labute approximate surface area is 101 Å². The van der Waals surface area contributed by atoms with Crippen LogP contribution in [0.3, 0.4) is 0 Å². The molecule has 0 saturated heterocycles. The predicted molar refractivity (Wildman–Crippen MR) is 73.3 cm³/mol. The van der Waals surface area contributed by atoms with Gasteiger partial charge in [-0.25, -0.2) is 0 Å². The Hall–Kier alpha value is -0.373. The zero-order valence-corrected chi connectivity index (χ0v) is 12.5. The first-order chi connectivity index (χ1) is 7.26. The fraction of sp³-hybridized carbons (Fsp3) is 0.786. The minimum atomic E-state index is -1.15. The molecule has 1 aliphatic carbocycles. The van der Waals surface area contributed by atoms with Crippen molar-refractivity contribution in [1.82, 2.24) is 0 Å². The maximum Gasteiger partial charge on any atom is 0.139 e. The average molecular weight is 238 g/mol. The Bertz CT molecular complexity index is 298. The van der Waals surface area contributed by atoms with Crippen LogP contribution in [0.25, 0.3) is 0 Å². The van der Waals surface area contributed by atoms with E-state index in [2.05, 4.69) is 39.6 Å². The van der Waals surface area contributed by atoms with Crippen molar-refractivity contribution in [3.63, 3.8) is 0 Å². The lowest BCUT2D eigenvalue weighted by molar-refractivity contribution is -0.130. The number of Topliss-reactive ketones (excluding diaryl/α,β-unsaturated/α-hetero) is 1. The van der Waals surface area contributed by atoms with Crippen molar-refractivity contribution in [2.24, 2.45) is 5.41 Å². The van der Waals surface area contributed by atoms with Crippen LogP contribution in [0.2, 0.25) is 19.6 Å². The van der Waals surface area contributed by atoms with Crippen molar-refractivity contribution >= 4 is 13.9 Å². The highest BCUT2D eigenvalue weighted by Gasteiger charge is 2.34. The number of hydrogen-bond donors (Lipinski definition) is 0. The molecule has 0 heterocycles. The first kappa shape index (κ1) is 13.7. The molecule has 1 fully saturated rings. The minimum Gasteiger partial charge on any atom is -0.299 e. The van der Waals surface area contributed by atoms with Crippen LogP contribution in [0.4, 0.5) is 0 Å². The van der Waals surface area contributed by atoms with Crippen molar-refractivity contribution in [3.05, 3.63) is 11.3 Å². The summed E-state index contributed by atoms with van der Waals surface area (Å²) in [5.41, 5.74) is -0.0564. The Morgan fingerprint density at radius 2 is 2.00 bits per heavy atom. The molecule has 1 nitrogen and oxygen atoms in total. The number of hydrogen-bond acceptors (Lipinski definition) is 1. The molecular formula is C14H26OSi.